The van der Waals surface area contributed by atoms with Crippen LogP contribution in [0.5, 0.6) is 11.5 Å². The van der Waals surface area contributed by atoms with E-state index in [1.54, 1.807) is 25.3 Å². The molecular weight excluding hydrogens is 414 g/mol. The first-order chi connectivity index (χ1) is 15.5. The fraction of sp³-hybridized carbons (Fsp3) is 0.217. The lowest BCUT2D eigenvalue weighted by molar-refractivity contribution is 0.0910. The Morgan fingerprint density at radius 2 is 2.00 bits per heavy atom. The first-order valence-electron chi connectivity index (χ1n) is 9.93. The van der Waals surface area contributed by atoms with Crippen LogP contribution in [0.25, 0.3) is 11.0 Å². The van der Waals surface area contributed by atoms with E-state index in [0.29, 0.717) is 24.3 Å². The van der Waals surface area contributed by atoms with E-state index in [1.165, 1.54) is 6.07 Å². The van der Waals surface area contributed by atoms with Crippen LogP contribution in [0.2, 0.25) is 0 Å². The van der Waals surface area contributed by atoms with Crippen LogP contribution in [0, 0.1) is 6.92 Å². The number of hydrogen-bond donors (Lipinski definition) is 1. The predicted molar refractivity (Wildman–Crippen MR) is 115 cm³/mol. The molecule has 4 aromatic rings. The van der Waals surface area contributed by atoms with E-state index in [4.69, 9.17) is 18.4 Å². The zero-order valence-corrected chi connectivity index (χ0v) is 17.6. The summed E-state index contributed by atoms with van der Waals surface area (Å²) >= 11 is 0. The number of fused-ring (bicyclic) bond motifs is 1. The van der Waals surface area contributed by atoms with Gasteiger partial charge < -0.3 is 23.7 Å². The van der Waals surface area contributed by atoms with Crippen LogP contribution in [-0.4, -0.2) is 29.7 Å². The van der Waals surface area contributed by atoms with Gasteiger partial charge >= 0.3 is 17.4 Å². The molecule has 2 heterocycles. The Morgan fingerprint density at radius 3 is 2.84 bits per heavy atom. The SMILES string of the molecule is COc1ccccc1CCNC(=O)c1nc(COc2ccc3c(C)cc(=O)oc3c2)no1. The summed E-state index contributed by atoms with van der Waals surface area (Å²) < 4.78 is 21.2. The summed E-state index contributed by atoms with van der Waals surface area (Å²) in [6, 6.07) is 14.2. The lowest BCUT2D eigenvalue weighted by Gasteiger charge is -2.08. The Hall–Kier alpha value is -4.14. The average Bonchev–Trinajstić information content (AvgIpc) is 3.27. The summed E-state index contributed by atoms with van der Waals surface area (Å²) in [6.07, 6.45) is 0.595. The van der Waals surface area contributed by atoms with Gasteiger partial charge in [0.05, 0.1) is 7.11 Å². The van der Waals surface area contributed by atoms with E-state index in [1.807, 2.05) is 31.2 Å². The van der Waals surface area contributed by atoms with E-state index in [0.717, 1.165) is 22.3 Å². The van der Waals surface area contributed by atoms with Gasteiger partial charge in [0.15, 0.2) is 6.61 Å². The molecule has 2 aromatic heterocycles. The Kier molecular flexibility index (Phi) is 6.16. The number of methoxy groups -OCH3 is 1. The fourth-order valence-electron chi connectivity index (χ4n) is 3.24. The van der Waals surface area contributed by atoms with Crippen LogP contribution >= 0.6 is 0 Å². The number of aromatic nitrogens is 2. The Labute approximate surface area is 183 Å². The van der Waals surface area contributed by atoms with Gasteiger partial charge in [-0.15, -0.1) is 0 Å². The van der Waals surface area contributed by atoms with Crippen molar-refractivity contribution in [1.82, 2.24) is 15.5 Å². The third-order valence-corrected chi connectivity index (χ3v) is 4.83. The number of benzene rings is 2. The molecule has 0 bridgehead atoms. The summed E-state index contributed by atoms with van der Waals surface area (Å²) in [5.74, 6) is 0.831. The zero-order valence-electron chi connectivity index (χ0n) is 17.6. The highest BCUT2D eigenvalue weighted by Gasteiger charge is 2.15. The van der Waals surface area contributed by atoms with E-state index >= 15 is 0 Å². The highest BCUT2D eigenvalue weighted by atomic mass is 16.5. The van der Waals surface area contributed by atoms with Crippen LogP contribution in [-0.2, 0) is 13.0 Å². The number of nitrogens with one attached hydrogen (secondary N) is 1. The highest BCUT2D eigenvalue weighted by Crippen LogP contribution is 2.22. The van der Waals surface area contributed by atoms with E-state index in [9.17, 15) is 9.59 Å². The summed E-state index contributed by atoms with van der Waals surface area (Å²) in [5, 5.41) is 7.34. The largest absolute Gasteiger partial charge is 0.496 e. The number of nitrogens with zero attached hydrogens (tertiary/aromatic N) is 2. The van der Waals surface area contributed by atoms with Gasteiger partial charge in [-0.1, -0.05) is 23.4 Å². The third kappa shape index (κ3) is 4.77. The molecule has 0 aliphatic rings. The standard InChI is InChI=1S/C23H21N3O6/c1-14-11-21(27)31-19-12-16(7-8-17(14)19)30-13-20-25-23(32-26-20)22(28)24-10-9-15-5-3-4-6-18(15)29-2/h3-8,11-12H,9-10,13H2,1-2H3,(H,24,28). The summed E-state index contributed by atoms with van der Waals surface area (Å²) in [4.78, 5) is 27.9. The molecule has 0 saturated heterocycles. The number of carbonyl (C=O) groups is 1. The monoisotopic (exact) mass is 435 g/mol. The van der Waals surface area contributed by atoms with Crippen LogP contribution in [0.15, 0.2) is 62.3 Å². The molecule has 0 aliphatic heterocycles. The predicted octanol–water partition coefficient (Wildman–Crippen LogP) is 3.04. The van der Waals surface area contributed by atoms with Gasteiger partial charge in [-0.05, 0) is 42.7 Å². The molecule has 32 heavy (non-hydrogen) atoms. The average molecular weight is 435 g/mol. The van der Waals surface area contributed by atoms with Crippen molar-refractivity contribution in [3.05, 3.63) is 81.8 Å². The molecule has 1 amide bonds. The number of ether oxygens (including phenoxy) is 2. The molecule has 4 rings (SSSR count). The highest BCUT2D eigenvalue weighted by molar-refractivity contribution is 5.89. The second-order valence-corrected chi connectivity index (χ2v) is 7.03. The van der Waals surface area contributed by atoms with Gasteiger partial charge in [-0.25, -0.2) is 4.79 Å². The summed E-state index contributed by atoms with van der Waals surface area (Å²) in [6.45, 7) is 2.21. The molecule has 2 aromatic carbocycles. The van der Waals surface area contributed by atoms with Crippen molar-refractivity contribution in [3.8, 4) is 11.5 Å². The number of para-hydroxylation sites is 1. The lowest BCUT2D eigenvalue weighted by atomic mass is 10.1. The molecule has 0 radical (unpaired) electrons. The van der Waals surface area contributed by atoms with E-state index in [-0.39, 0.29) is 18.3 Å². The first-order valence-corrected chi connectivity index (χ1v) is 9.93. The van der Waals surface area contributed by atoms with Crippen molar-refractivity contribution in [1.29, 1.82) is 0 Å². The van der Waals surface area contributed by atoms with Gasteiger partial charge in [-0.2, -0.15) is 4.98 Å². The third-order valence-electron chi connectivity index (χ3n) is 4.83. The maximum atomic E-state index is 12.3. The van der Waals surface area contributed by atoms with Gasteiger partial charge in [0.2, 0.25) is 5.82 Å². The van der Waals surface area contributed by atoms with E-state index < -0.39 is 11.5 Å². The van der Waals surface area contributed by atoms with Gasteiger partial charge in [0.25, 0.3) is 0 Å². The Balaban J connectivity index is 1.33. The zero-order chi connectivity index (χ0) is 22.5. The minimum Gasteiger partial charge on any atom is -0.496 e. The molecule has 0 spiro atoms. The molecular formula is C23H21N3O6. The van der Waals surface area contributed by atoms with Gasteiger partial charge in [-0.3, -0.25) is 4.79 Å². The normalized spacial score (nSPS) is 10.8. The minimum absolute atomic E-state index is 0.0143. The molecule has 9 heteroatoms. The van der Waals surface area contributed by atoms with Crippen molar-refractivity contribution < 1.29 is 23.2 Å². The van der Waals surface area contributed by atoms with Crippen LogP contribution in [0.1, 0.15) is 27.6 Å². The molecule has 0 atom stereocenters. The summed E-state index contributed by atoms with van der Waals surface area (Å²) in [5.41, 5.74) is 1.81. The Morgan fingerprint density at radius 1 is 1.16 bits per heavy atom. The van der Waals surface area contributed by atoms with Crippen LogP contribution < -0.4 is 20.4 Å². The maximum Gasteiger partial charge on any atom is 0.336 e. The number of carbonyl (C=O) groups excluding carboxylic acids is 1. The number of amides is 1. The number of hydrogen-bond acceptors (Lipinski definition) is 8. The van der Waals surface area contributed by atoms with E-state index in [2.05, 4.69) is 15.5 Å². The Bertz CT molecular complexity index is 1310. The molecule has 9 nitrogen and oxygen atoms in total. The van der Waals surface area contributed by atoms with Crippen molar-refractivity contribution in [2.24, 2.45) is 0 Å². The minimum atomic E-state index is -0.471. The maximum absolute atomic E-state index is 12.3. The van der Waals surface area contributed by atoms with Crippen molar-refractivity contribution in [2.45, 2.75) is 20.0 Å². The van der Waals surface area contributed by atoms with Crippen LogP contribution in [0.3, 0.4) is 0 Å². The van der Waals surface area contributed by atoms with Gasteiger partial charge in [0.1, 0.15) is 17.1 Å². The van der Waals surface area contributed by atoms with Crippen LogP contribution in [0.4, 0.5) is 0 Å². The quantitative estimate of drug-likeness (QED) is 0.420. The molecule has 0 saturated carbocycles. The van der Waals surface area contributed by atoms with Gasteiger partial charge in [0, 0.05) is 24.1 Å². The molecule has 164 valence electrons. The van der Waals surface area contributed by atoms with Crippen molar-refractivity contribution >= 4 is 16.9 Å². The molecule has 0 unspecified atom stereocenters. The second-order valence-electron chi connectivity index (χ2n) is 7.03. The first kappa shape index (κ1) is 21.1. The summed E-state index contributed by atoms with van der Waals surface area (Å²) in [7, 11) is 1.61. The molecule has 0 aliphatic carbocycles. The second kappa shape index (κ2) is 9.34. The van der Waals surface area contributed by atoms with Crippen molar-refractivity contribution in [3.63, 3.8) is 0 Å². The smallest absolute Gasteiger partial charge is 0.336 e. The molecule has 1 N–H and O–H groups in total. The topological polar surface area (TPSA) is 117 Å². The van der Waals surface area contributed by atoms with Crippen molar-refractivity contribution in [2.75, 3.05) is 13.7 Å². The number of aryl methyl sites for hydroxylation is 1. The fourth-order valence-corrected chi connectivity index (χ4v) is 3.24. The number of rotatable bonds is 8. The lowest BCUT2D eigenvalue weighted by Crippen LogP contribution is -2.26. The molecule has 0 fully saturated rings.